The molecule has 0 fully saturated rings. The Morgan fingerprint density at radius 2 is 1.83 bits per heavy atom. The first kappa shape index (κ1) is 23.2. The summed E-state index contributed by atoms with van der Waals surface area (Å²) in [5.74, 6) is -0.500. The molecular formula is C23H27ClO4S. The maximum Gasteiger partial charge on any atom is 0.338 e. The van der Waals surface area contributed by atoms with Gasteiger partial charge in [-0.3, -0.25) is 0 Å². The number of esters is 1. The molecule has 0 aliphatic rings. The molecule has 0 amide bonds. The standard InChI is InChI=1S/C23H27ClO4S/c1-2-3-5-13-21(28-23(25)19-11-10-12-20(24)18-19)14-8-9-17-29(26,27)22-15-6-4-7-16-22/h4,6-12,15-16,18,21H,2-3,5,13-14,17H2,1H3/b9-8+. The van der Waals surface area contributed by atoms with Crippen LogP contribution in [0.5, 0.6) is 0 Å². The van der Waals surface area contributed by atoms with E-state index >= 15 is 0 Å². The summed E-state index contributed by atoms with van der Waals surface area (Å²) in [7, 11) is -3.36. The number of benzene rings is 2. The maximum absolute atomic E-state index is 12.4. The molecule has 0 saturated heterocycles. The summed E-state index contributed by atoms with van der Waals surface area (Å²) in [6, 6.07) is 15.0. The van der Waals surface area contributed by atoms with Crippen molar-refractivity contribution in [2.45, 2.75) is 50.0 Å². The first-order valence-corrected chi connectivity index (χ1v) is 11.8. The summed E-state index contributed by atoms with van der Waals surface area (Å²) < 4.78 is 30.3. The van der Waals surface area contributed by atoms with Crippen molar-refractivity contribution < 1.29 is 17.9 Å². The minimum atomic E-state index is -3.36. The van der Waals surface area contributed by atoms with E-state index in [0.29, 0.717) is 21.9 Å². The fourth-order valence-electron chi connectivity index (χ4n) is 2.85. The molecule has 1 atom stereocenters. The van der Waals surface area contributed by atoms with E-state index in [2.05, 4.69) is 6.92 Å². The highest BCUT2D eigenvalue weighted by Crippen LogP contribution is 2.17. The lowest BCUT2D eigenvalue weighted by Gasteiger charge is -2.16. The summed E-state index contributed by atoms with van der Waals surface area (Å²) >= 11 is 5.95. The molecule has 6 heteroatoms. The van der Waals surface area contributed by atoms with Gasteiger partial charge in [-0.2, -0.15) is 0 Å². The van der Waals surface area contributed by atoms with Crippen LogP contribution >= 0.6 is 11.6 Å². The second-order valence-electron chi connectivity index (χ2n) is 6.84. The van der Waals surface area contributed by atoms with E-state index in [-0.39, 0.29) is 11.9 Å². The molecule has 29 heavy (non-hydrogen) atoms. The van der Waals surface area contributed by atoms with Gasteiger partial charge in [-0.05, 0) is 43.2 Å². The maximum atomic E-state index is 12.4. The molecule has 0 aliphatic heterocycles. The van der Waals surface area contributed by atoms with Gasteiger partial charge >= 0.3 is 5.97 Å². The highest BCUT2D eigenvalue weighted by Gasteiger charge is 2.16. The first-order valence-electron chi connectivity index (χ1n) is 9.81. The summed E-state index contributed by atoms with van der Waals surface area (Å²) in [5.41, 5.74) is 0.411. The molecule has 2 aromatic carbocycles. The number of rotatable bonds is 11. The Bertz CT molecular complexity index is 907. The molecule has 156 valence electrons. The third kappa shape index (κ3) is 8.03. The van der Waals surface area contributed by atoms with Gasteiger partial charge in [-0.15, -0.1) is 0 Å². The number of halogens is 1. The molecular weight excluding hydrogens is 408 g/mol. The van der Waals surface area contributed by atoms with E-state index in [1.165, 1.54) is 0 Å². The van der Waals surface area contributed by atoms with Crippen molar-refractivity contribution >= 4 is 27.4 Å². The number of sulfone groups is 1. The Morgan fingerprint density at radius 1 is 1.07 bits per heavy atom. The molecule has 4 nitrogen and oxygen atoms in total. The van der Waals surface area contributed by atoms with Gasteiger partial charge in [0.25, 0.3) is 0 Å². The molecule has 0 radical (unpaired) electrons. The van der Waals surface area contributed by atoms with Gasteiger partial charge < -0.3 is 4.74 Å². The van der Waals surface area contributed by atoms with Crippen LogP contribution in [0.25, 0.3) is 0 Å². The van der Waals surface area contributed by atoms with E-state index in [1.54, 1.807) is 66.7 Å². The van der Waals surface area contributed by atoms with Gasteiger partial charge in [-0.1, -0.05) is 67.8 Å². The van der Waals surface area contributed by atoms with E-state index in [1.807, 2.05) is 0 Å². The van der Waals surface area contributed by atoms with Crippen molar-refractivity contribution in [3.05, 3.63) is 77.3 Å². The Kier molecular flexibility index (Phi) is 9.42. The lowest BCUT2D eigenvalue weighted by Crippen LogP contribution is -2.18. The third-order valence-electron chi connectivity index (χ3n) is 4.45. The molecule has 2 rings (SSSR count). The molecule has 0 bridgehead atoms. The number of hydrogen-bond acceptors (Lipinski definition) is 4. The lowest BCUT2D eigenvalue weighted by atomic mass is 10.1. The largest absolute Gasteiger partial charge is 0.458 e. The van der Waals surface area contributed by atoms with Crippen molar-refractivity contribution in [2.75, 3.05) is 5.75 Å². The van der Waals surface area contributed by atoms with Gasteiger partial charge in [-0.25, -0.2) is 13.2 Å². The summed E-state index contributed by atoms with van der Waals surface area (Å²) in [5, 5.41) is 0.480. The number of carbonyl (C=O) groups is 1. The van der Waals surface area contributed by atoms with Crippen LogP contribution in [0.3, 0.4) is 0 Å². The number of unbranched alkanes of at least 4 members (excludes halogenated alkanes) is 2. The summed E-state index contributed by atoms with van der Waals surface area (Å²) in [6.45, 7) is 2.11. The fraction of sp³-hybridized carbons (Fsp3) is 0.348. The van der Waals surface area contributed by atoms with Crippen LogP contribution in [0, 0.1) is 0 Å². The molecule has 1 unspecified atom stereocenters. The van der Waals surface area contributed by atoms with Crippen LogP contribution in [0.1, 0.15) is 49.4 Å². The third-order valence-corrected chi connectivity index (χ3v) is 6.30. The molecule has 2 aromatic rings. The van der Waals surface area contributed by atoms with Crippen molar-refractivity contribution in [1.29, 1.82) is 0 Å². The zero-order chi connectivity index (χ0) is 21.1. The lowest BCUT2D eigenvalue weighted by molar-refractivity contribution is 0.0283. The molecule has 0 saturated carbocycles. The van der Waals surface area contributed by atoms with Crippen molar-refractivity contribution in [3.8, 4) is 0 Å². The van der Waals surface area contributed by atoms with Crippen LogP contribution in [0.4, 0.5) is 0 Å². The van der Waals surface area contributed by atoms with Crippen LogP contribution in [-0.4, -0.2) is 26.2 Å². The van der Waals surface area contributed by atoms with Crippen LogP contribution < -0.4 is 0 Å². The highest BCUT2D eigenvalue weighted by atomic mass is 35.5. The SMILES string of the molecule is CCCCCC(C/C=C/CS(=O)(=O)c1ccccc1)OC(=O)c1cccc(Cl)c1. The average molecular weight is 435 g/mol. The summed E-state index contributed by atoms with van der Waals surface area (Å²) in [6.07, 6.45) is 7.38. The van der Waals surface area contributed by atoms with Crippen LogP contribution in [-0.2, 0) is 14.6 Å². The number of hydrogen-bond donors (Lipinski definition) is 0. The van der Waals surface area contributed by atoms with Crippen LogP contribution in [0.15, 0.2) is 71.6 Å². The van der Waals surface area contributed by atoms with E-state index in [0.717, 1.165) is 25.7 Å². The van der Waals surface area contributed by atoms with Crippen molar-refractivity contribution in [2.24, 2.45) is 0 Å². The second kappa shape index (κ2) is 11.8. The Hall–Kier alpha value is -2.11. The zero-order valence-corrected chi connectivity index (χ0v) is 18.2. The Labute approximate surface area is 178 Å². The monoisotopic (exact) mass is 434 g/mol. The number of carbonyl (C=O) groups excluding carboxylic acids is 1. The predicted molar refractivity (Wildman–Crippen MR) is 117 cm³/mol. The topological polar surface area (TPSA) is 60.4 Å². The zero-order valence-electron chi connectivity index (χ0n) is 16.6. The van der Waals surface area contributed by atoms with Gasteiger partial charge in [0.05, 0.1) is 16.2 Å². The van der Waals surface area contributed by atoms with Crippen molar-refractivity contribution in [3.63, 3.8) is 0 Å². The Balaban J connectivity index is 1.96. The first-order chi connectivity index (χ1) is 13.9. The normalized spacial score (nSPS) is 12.8. The van der Waals surface area contributed by atoms with Gasteiger partial charge in [0.15, 0.2) is 9.84 Å². The van der Waals surface area contributed by atoms with Gasteiger partial charge in [0.1, 0.15) is 6.10 Å². The highest BCUT2D eigenvalue weighted by molar-refractivity contribution is 7.91. The molecule has 0 aromatic heterocycles. The van der Waals surface area contributed by atoms with Gasteiger partial charge in [0, 0.05) is 11.4 Å². The Morgan fingerprint density at radius 3 is 2.52 bits per heavy atom. The van der Waals surface area contributed by atoms with E-state index in [4.69, 9.17) is 16.3 Å². The number of ether oxygens (including phenoxy) is 1. The smallest absolute Gasteiger partial charge is 0.338 e. The minimum absolute atomic E-state index is 0.0824. The average Bonchev–Trinajstić information content (AvgIpc) is 2.71. The molecule has 0 heterocycles. The second-order valence-corrected chi connectivity index (χ2v) is 9.31. The minimum Gasteiger partial charge on any atom is -0.458 e. The van der Waals surface area contributed by atoms with Crippen molar-refractivity contribution in [1.82, 2.24) is 0 Å². The van der Waals surface area contributed by atoms with E-state index < -0.39 is 15.8 Å². The summed E-state index contributed by atoms with van der Waals surface area (Å²) in [4.78, 5) is 12.7. The van der Waals surface area contributed by atoms with E-state index in [9.17, 15) is 13.2 Å². The molecule has 0 aliphatic carbocycles. The van der Waals surface area contributed by atoms with Gasteiger partial charge in [0.2, 0.25) is 0 Å². The molecule has 0 N–H and O–H groups in total. The predicted octanol–water partition coefficient (Wildman–Crippen LogP) is 5.87. The quantitative estimate of drug-likeness (QED) is 0.252. The molecule has 0 spiro atoms. The fourth-order valence-corrected chi connectivity index (χ4v) is 4.19. The van der Waals surface area contributed by atoms with Crippen LogP contribution in [0.2, 0.25) is 5.02 Å².